The Kier molecular flexibility index (Phi) is 8.84. The molecule has 0 spiro atoms. The van der Waals surface area contributed by atoms with E-state index in [0.717, 1.165) is 71.3 Å². The van der Waals surface area contributed by atoms with Crippen LogP contribution in [0.1, 0.15) is 45.4 Å². The zero-order valence-electron chi connectivity index (χ0n) is 15.4. The summed E-state index contributed by atoms with van der Waals surface area (Å²) < 4.78 is 16.7. The van der Waals surface area contributed by atoms with Gasteiger partial charge in [-0.05, 0) is 50.9 Å². The van der Waals surface area contributed by atoms with E-state index in [0.29, 0.717) is 11.5 Å². The first-order valence-corrected chi connectivity index (χ1v) is 9.49. The molecule has 1 saturated heterocycles. The molecule has 1 saturated carbocycles. The molecule has 2 N–H and O–H groups in total. The van der Waals surface area contributed by atoms with Crippen molar-refractivity contribution in [3.05, 3.63) is 0 Å². The molecule has 0 bridgehead atoms. The van der Waals surface area contributed by atoms with Gasteiger partial charge in [0.25, 0.3) is 0 Å². The van der Waals surface area contributed by atoms with Gasteiger partial charge in [-0.1, -0.05) is 0 Å². The van der Waals surface area contributed by atoms with Crippen molar-refractivity contribution >= 4 is 5.96 Å². The predicted octanol–water partition coefficient (Wildman–Crippen LogP) is 1.94. The zero-order chi connectivity index (χ0) is 17.1. The molecule has 6 nitrogen and oxygen atoms in total. The average molecular weight is 341 g/mol. The van der Waals surface area contributed by atoms with E-state index in [1.165, 1.54) is 19.3 Å². The minimum Gasteiger partial charge on any atom is -0.382 e. The number of hydrogen-bond acceptors (Lipinski definition) is 4. The molecule has 2 fully saturated rings. The molecule has 0 aromatic rings. The molecule has 0 aromatic heterocycles. The van der Waals surface area contributed by atoms with Crippen molar-refractivity contribution < 1.29 is 14.2 Å². The van der Waals surface area contributed by atoms with E-state index >= 15 is 0 Å². The highest BCUT2D eigenvalue weighted by Crippen LogP contribution is 2.48. The lowest BCUT2D eigenvalue weighted by Gasteiger charge is -2.18. The van der Waals surface area contributed by atoms with Crippen molar-refractivity contribution in [1.29, 1.82) is 0 Å². The number of aliphatic imine (C=N–C) groups is 1. The van der Waals surface area contributed by atoms with Gasteiger partial charge in [-0.25, -0.2) is 0 Å². The Hall–Kier alpha value is -0.850. The van der Waals surface area contributed by atoms with E-state index in [4.69, 9.17) is 14.2 Å². The van der Waals surface area contributed by atoms with Gasteiger partial charge in [0.15, 0.2) is 5.96 Å². The third-order valence-electron chi connectivity index (χ3n) is 4.88. The lowest BCUT2D eigenvalue weighted by molar-refractivity contribution is 0.0168. The van der Waals surface area contributed by atoms with Crippen molar-refractivity contribution in [2.45, 2.75) is 51.6 Å². The third kappa shape index (κ3) is 7.36. The predicted molar refractivity (Wildman–Crippen MR) is 96.6 cm³/mol. The van der Waals surface area contributed by atoms with Crippen molar-refractivity contribution in [3.8, 4) is 0 Å². The summed E-state index contributed by atoms with van der Waals surface area (Å²) in [7, 11) is 1.82. The molecule has 6 heteroatoms. The van der Waals surface area contributed by atoms with Gasteiger partial charge in [0.2, 0.25) is 0 Å². The first kappa shape index (κ1) is 19.5. The molecular formula is C18H35N3O3. The standard InChI is InChI=1S/C18H35N3O3/c1-3-22-13-9-18(7-8-18)15-21-17(19-2)20-10-5-11-23-14-16-6-4-12-24-16/h16H,3-15H2,1-2H3,(H2,19,20,21). The Bertz CT molecular complexity index is 367. The maximum absolute atomic E-state index is 5.67. The van der Waals surface area contributed by atoms with Crippen LogP contribution in [0.4, 0.5) is 0 Å². The zero-order valence-corrected chi connectivity index (χ0v) is 15.4. The summed E-state index contributed by atoms with van der Waals surface area (Å²) in [5.74, 6) is 0.886. The monoisotopic (exact) mass is 341 g/mol. The summed E-state index contributed by atoms with van der Waals surface area (Å²) in [5, 5.41) is 6.82. The van der Waals surface area contributed by atoms with E-state index < -0.39 is 0 Å². The molecule has 1 aliphatic heterocycles. The fourth-order valence-corrected chi connectivity index (χ4v) is 2.99. The van der Waals surface area contributed by atoms with E-state index in [1.54, 1.807) is 0 Å². The lowest BCUT2D eigenvalue weighted by atomic mass is 10.0. The third-order valence-corrected chi connectivity index (χ3v) is 4.88. The minimum absolute atomic E-state index is 0.318. The topological polar surface area (TPSA) is 64.1 Å². The quantitative estimate of drug-likeness (QED) is 0.323. The van der Waals surface area contributed by atoms with Crippen LogP contribution in [0.2, 0.25) is 0 Å². The molecule has 1 heterocycles. The first-order valence-electron chi connectivity index (χ1n) is 9.49. The normalized spacial score (nSPS) is 22.6. The molecule has 0 amide bonds. The second-order valence-corrected chi connectivity index (χ2v) is 6.86. The lowest BCUT2D eigenvalue weighted by Crippen LogP contribution is -2.41. The molecule has 0 aromatic carbocycles. The van der Waals surface area contributed by atoms with Crippen LogP contribution in [0.3, 0.4) is 0 Å². The molecule has 1 atom stereocenters. The number of guanidine groups is 1. The van der Waals surface area contributed by atoms with Gasteiger partial charge in [-0.15, -0.1) is 0 Å². The van der Waals surface area contributed by atoms with Crippen LogP contribution in [-0.4, -0.2) is 65.2 Å². The Morgan fingerprint density at radius 3 is 2.79 bits per heavy atom. The smallest absolute Gasteiger partial charge is 0.190 e. The van der Waals surface area contributed by atoms with E-state index in [-0.39, 0.29) is 0 Å². The van der Waals surface area contributed by atoms with E-state index in [9.17, 15) is 0 Å². The number of ether oxygens (including phenoxy) is 3. The summed E-state index contributed by atoms with van der Waals surface area (Å²) in [6, 6.07) is 0. The summed E-state index contributed by atoms with van der Waals surface area (Å²) in [4.78, 5) is 4.30. The molecule has 2 aliphatic rings. The second-order valence-electron chi connectivity index (χ2n) is 6.86. The van der Waals surface area contributed by atoms with Crippen LogP contribution in [0.25, 0.3) is 0 Å². The summed E-state index contributed by atoms with van der Waals surface area (Å²) in [5.41, 5.74) is 0.428. The largest absolute Gasteiger partial charge is 0.382 e. The first-order chi connectivity index (χ1) is 11.8. The molecule has 2 rings (SSSR count). The van der Waals surface area contributed by atoms with Gasteiger partial charge in [-0.3, -0.25) is 4.99 Å². The van der Waals surface area contributed by atoms with Crippen molar-refractivity contribution in [1.82, 2.24) is 10.6 Å². The van der Waals surface area contributed by atoms with Crippen LogP contribution in [0.5, 0.6) is 0 Å². The van der Waals surface area contributed by atoms with E-state index in [1.807, 2.05) is 14.0 Å². The molecular weight excluding hydrogens is 306 g/mol. The number of nitrogens with one attached hydrogen (secondary N) is 2. The Morgan fingerprint density at radius 1 is 1.25 bits per heavy atom. The molecule has 1 aliphatic carbocycles. The van der Waals surface area contributed by atoms with Crippen LogP contribution in [0.15, 0.2) is 4.99 Å². The fourth-order valence-electron chi connectivity index (χ4n) is 2.99. The molecule has 1 unspecified atom stereocenters. The van der Waals surface area contributed by atoms with Gasteiger partial charge in [-0.2, -0.15) is 0 Å². The number of hydrogen-bond donors (Lipinski definition) is 2. The fraction of sp³-hybridized carbons (Fsp3) is 0.944. The maximum Gasteiger partial charge on any atom is 0.190 e. The maximum atomic E-state index is 5.67. The van der Waals surface area contributed by atoms with Crippen molar-refractivity contribution in [2.24, 2.45) is 10.4 Å². The van der Waals surface area contributed by atoms with Gasteiger partial charge >= 0.3 is 0 Å². The van der Waals surface area contributed by atoms with Gasteiger partial charge < -0.3 is 24.8 Å². The summed E-state index contributed by atoms with van der Waals surface area (Å²) in [6.07, 6.45) is 7.33. The number of rotatable bonds is 12. The van der Waals surface area contributed by atoms with Crippen LogP contribution >= 0.6 is 0 Å². The Morgan fingerprint density at radius 2 is 2.12 bits per heavy atom. The van der Waals surface area contributed by atoms with Crippen molar-refractivity contribution in [3.63, 3.8) is 0 Å². The molecule has 140 valence electrons. The van der Waals surface area contributed by atoms with Gasteiger partial charge in [0.05, 0.1) is 12.7 Å². The van der Waals surface area contributed by atoms with Gasteiger partial charge in [0, 0.05) is 46.6 Å². The highest BCUT2D eigenvalue weighted by molar-refractivity contribution is 5.79. The Balaban J connectivity index is 1.48. The summed E-state index contributed by atoms with van der Waals surface area (Å²) >= 11 is 0. The highest BCUT2D eigenvalue weighted by atomic mass is 16.5. The summed E-state index contributed by atoms with van der Waals surface area (Å²) in [6.45, 7) is 7.97. The molecule has 24 heavy (non-hydrogen) atoms. The van der Waals surface area contributed by atoms with Crippen LogP contribution < -0.4 is 10.6 Å². The Labute approximate surface area is 146 Å². The van der Waals surface area contributed by atoms with E-state index in [2.05, 4.69) is 15.6 Å². The van der Waals surface area contributed by atoms with Crippen LogP contribution in [-0.2, 0) is 14.2 Å². The molecule has 0 radical (unpaired) electrons. The highest BCUT2D eigenvalue weighted by Gasteiger charge is 2.41. The van der Waals surface area contributed by atoms with Crippen molar-refractivity contribution in [2.75, 3.05) is 53.2 Å². The average Bonchev–Trinajstić information content (AvgIpc) is 3.17. The minimum atomic E-state index is 0.318. The second kappa shape index (κ2) is 10.9. The SMILES string of the molecule is CCOCCC1(CNC(=NC)NCCCOCC2CCCO2)CC1. The van der Waals surface area contributed by atoms with Gasteiger partial charge in [0.1, 0.15) is 0 Å². The number of nitrogens with zero attached hydrogens (tertiary/aromatic N) is 1. The van der Waals surface area contributed by atoms with Crippen LogP contribution in [0, 0.1) is 5.41 Å².